The Morgan fingerprint density at radius 3 is 1.95 bits per heavy atom. The van der Waals surface area contributed by atoms with E-state index >= 15 is 0 Å². The van der Waals surface area contributed by atoms with E-state index < -0.39 is 96.8 Å². The van der Waals surface area contributed by atoms with Crippen molar-refractivity contribution in [3.8, 4) is 0 Å². The minimum atomic E-state index is -2.83. The first-order valence-corrected chi connectivity index (χ1v) is 21.0. The van der Waals surface area contributed by atoms with Gasteiger partial charge in [-0.15, -0.1) is 0 Å². The maximum atomic E-state index is 12.5. The van der Waals surface area contributed by atoms with Gasteiger partial charge in [0.1, 0.15) is 67.6 Å². The molecule has 56 heavy (non-hydrogen) atoms. The predicted molar refractivity (Wildman–Crippen MR) is 194 cm³/mol. The molecule has 8 aliphatic rings. The summed E-state index contributed by atoms with van der Waals surface area (Å²) >= 11 is 0. The van der Waals surface area contributed by atoms with Crippen molar-refractivity contribution >= 4 is 5.97 Å². The molecule has 0 unspecified atom stereocenters. The van der Waals surface area contributed by atoms with E-state index in [0.717, 1.165) is 50.5 Å². The molecular formula is C41H64O15. The van der Waals surface area contributed by atoms with Gasteiger partial charge in [-0.05, 0) is 125 Å². The second-order valence-corrected chi connectivity index (χ2v) is 19.4. The summed E-state index contributed by atoms with van der Waals surface area (Å²) in [5.74, 6) is -0.590. The molecule has 0 aromatic carbocycles. The van der Waals surface area contributed by atoms with Gasteiger partial charge in [-0.3, -0.25) is 0 Å². The van der Waals surface area contributed by atoms with Crippen molar-refractivity contribution in [2.75, 3.05) is 6.61 Å². The SMILES string of the molecule is C[C@@H]1O[C@@H]([C@@]2(O)[C@@H](O)[C@H](C)O[C@](O[C@H]3CC[C@@]4(C)[C@H](CC[C@@H]5[C@@H]4CC[C@]4(C)[C@@H](C6=CC(=O)OC6)CC[C@@H]54)C3)([C@H]3O[C@H](C)[C@@H](O)[C@H](O)[C@@H]3O)[C@@H]2O)[C@H](O)[C@H](O)[C@H]1O. The number of hydrogen-bond acceptors (Lipinski definition) is 15. The van der Waals surface area contributed by atoms with Crippen LogP contribution in [0.4, 0.5) is 0 Å². The van der Waals surface area contributed by atoms with Gasteiger partial charge in [0, 0.05) is 6.08 Å². The predicted octanol–water partition coefficient (Wildman–Crippen LogP) is -0.178. The summed E-state index contributed by atoms with van der Waals surface area (Å²) < 4.78 is 30.5. The molecule has 3 saturated heterocycles. The van der Waals surface area contributed by atoms with E-state index in [4.69, 9.17) is 23.7 Å². The van der Waals surface area contributed by atoms with E-state index in [-0.39, 0.29) is 22.7 Å². The molecule has 0 bridgehead atoms. The normalized spacial score (nSPS) is 58.8. The number of rotatable bonds is 5. The Hall–Kier alpha value is -1.31. The van der Waals surface area contributed by atoms with Gasteiger partial charge >= 0.3 is 5.97 Å². The largest absolute Gasteiger partial charge is 0.458 e. The summed E-state index contributed by atoms with van der Waals surface area (Å²) in [4.78, 5) is 12.0. The number of cyclic esters (lactones) is 1. The lowest BCUT2D eigenvalue weighted by atomic mass is 9.44. The summed E-state index contributed by atoms with van der Waals surface area (Å²) in [6.07, 6.45) is -12.6. The molecule has 4 aliphatic carbocycles. The molecule has 0 radical (unpaired) electrons. The molecule has 318 valence electrons. The fraction of sp³-hybridized carbons (Fsp3) is 0.927. The summed E-state index contributed by atoms with van der Waals surface area (Å²) in [5, 5.41) is 102. The lowest BCUT2D eigenvalue weighted by Crippen LogP contribution is -2.83. The minimum Gasteiger partial charge on any atom is -0.458 e. The van der Waals surface area contributed by atoms with Crippen LogP contribution in [-0.4, -0.2) is 155 Å². The zero-order valence-corrected chi connectivity index (χ0v) is 33.1. The number of carbonyl (C=O) groups excluding carboxylic acids is 1. The molecule has 4 aliphatic heterocycles. The molecule has 15 heteroatoms. The van der Waals surface area contributed by atoms with E-state index in [2.05, 4.69) is 13.8 Å². The van der Waals surface area contributed by atoms with E-state index in [9.17, 15) is 50.8 Å². The standard InChI is InChI=1S/C41H64O15/c1-17-28(43)30(45)32(47)35(53-17)40(51)34(49)19(3)55-41(37(40)50,36-33(48)31(46)29(44)18(2)54-36)56-22-10-12-38(4)21(15-22)6-7-23-25-9-8-24(20-14-27(42)52-16-20)39(25,5)13-11-26(23)38/h14,17-19,21-26,28-37,43-51H,6-13,15-16H2,1-5H3/t17-,18+,19-,21+,22-,23-,24+,25-,26-,28-,29+,30+,31-,32+,33-,34-,35+,36-,37+,38-,39+,40-,41-/m0/s1. The highest BCUT2D eigenvalue weighted by atomic mass is 16.8. The Kier molecular flexibility index (Phi) is 10.7. The lowest BCUT2D eigenvalue weighted by molar-refractivity contribution is -0.451. The summed E-state index contributed by atoms with van der Waals surface area (Å²) in [7, 11) is 0. The maximum absolute atomic E-state index is 12.5. The van der Waals surface area contributed by atoms with Crippen LogP contribution in [0.5, 0.6) is 0 Å². The van der Waals surface area contributed by atoms with Crippen molar-refractivity contribution in [2.45, 2.75) is 189 Å². The number of esters is 1. The molecule has 4 saturated carbocycles. The highest BCUT2D eigenvalue weighted by Crippen LogP contribution is 2.68. The Labute approximate surface area is 327 Å². The van der Waals surface area contributed by atoms with E-state index in [1.54, 1.807) is 6.08 Å². The molecule has 23 atom stereocenters. The maximum Gasteiger partial charge on any atom is 0.331 e. The van der Waals surface area contributed by atoms with Gasteiger partial charge in [-0.2, -0.15) is 0 Å². The highest BCUT2D eigenvalue weighted by molar-refractivity contribution is 5.85. The van der Waals surface area contributed by atoms with Crippen LogP contribution in [0.25, 0.3) is 0 Å². The number of ether oxygens (including phenoxy) is 5. The molecule has 0 spiro atoms. The van der Waals surface area contributed by atoms with Crippen LogP contribution in [0.1, 0.15) is 92.4 Å². The van der Waals surface area contributed by atoms with E-state index in [0.29, 0.717) is 43.1 Å². The molecule has 7 fully saturated rings. The second kappa shape index (κ2) is 14.4. The summed E-state index contributed by atoms with van der Waals surface area (Å²) in [6.45, 7) is 9.49. The Morgan fingerprint density at radius 2 is 1.30 bits per heavy atom. The van der Waals surface area contributed by atoms with E-state index in [1.165, 1.54) is 20.8 Å². The highest BCUT2D eigenvalue weighted by Gasteiger charge is 2.73. The quantitative estimate of drug-likeness (QED) is 0.130. The summed E-state index contributed by atoms with van der Waals surface area (Å²) in [5.41, 5.74) is -1.59. The van der Waals surface area contributed by atoms with Crippen LogP contribution in [0, 0.1) is 40.4 Å². The third-order valence-electron chi connectivity index (χ3n) is 16.8. The van der Waals surface area contributed by atoms with Crippen LogP contribution in [0.2, 0.25) is 0 Å². The Balaban J connectivity index is 1.08. The molecule has 0 aromatic rings. The van der Waals surface area contributed by atoms with Crippen molar-refractivity contribution in [3.05, 3.63) is 11.6 Å². The Bertz CT molecular complexity index is 1530. The van der Waals surface area contributed by atoms with Crippen molar-refractivity contribution in [3.63, 3.8) is 0 Å². The van der Waals surface area contributed by atoms with Crippen LogP contribution >= 0.6 is 0 Å². The fourth-order valence-electron chi connectivity index (χ4n) is 13.6. The number of aliphatic hydroxyl groups is 9. The third kappa shape index (κ3) is 5.96. The van der Waals surface area contributed by atoms with Crippen LogP contribution in [0.3, 0.4) is 0 Å². The number of fused-ring (bicyclic) bond motifs is 5. The zero-order valence-electron chi connectivity index (χ0n) is 33.1. The Morgan fingerprint density at radius 1 is 0.696 bits per heavy atom. The topological polar surface area (TPSA) is 245 Å². The molecular weight excluding hydrogens is 732 g/mol. The first-order chi connectivity index (χ1) is 26.3. The van der Waals surface area contributed by atoms with Crippen LogP contribution in [0.15, 0.2) is 11.6 Å². The lowest BCUT2D eigenvalue weighted by Gasteiger charge is -2.63. The summed E-state index contributed by atoms with van der Waals surface area (Å²) in [6, 6.07) is 0. The molecule has 4 heterocycles. The monoisotopic (exact) mass is 796 g/mol. The molecule has 9 N–H and O–H groups in total. The van der Waals surface area contributed by atoms with Crippen molar-refractivity contribution in [2.24, 2.45) is 40.4 Å². The first kappa shape index (κ1) is 41.4. The van der Waals surface area contributed by atoms with Gasteiger partial charge < -0.3 is 69.6 Å². The van der Waals surface area contributed by atoms with Gasteiger partial charge in [-0.25, -0.2) is 4.79 Å². The minimum absolute atomic E-state index is 0.0137. The van der Waals surface area contributed by atoms with Crippen molar-refractivity contribution in [1.29, 1.82) is 0 Å². The zero-order chi connectivity index (χ0) is 40.4. The molecule has 0 aromatic heterocycles. The van der Waals surface area contributed by atoms with Gasteiger partial charge in [0.2, 0.25) is 5.79 Å². The third-order valence-corrected chi connectivity index (χ3v) is 16.8. The average Bonchev–Trinajstić information content (AvgIpc) is 3.76. The average molecular weight is 797 g/mol. The fourth-order valence-corrected chi connectivity index (χ4v) is 13.6. The molecule has 0 amide bonds. The van der Waals surface area contributed by atoms with Crippen LogP contribution in [-0.2, 0) is 28.5 Å². The molecule has 8 rings (SSSR count). The smallest absolute Gasteiger partial charge is 0.331 e. The van der Waals surface area contributed by atoms with Crippen molar-refractivity contribution in [1.82, 2.24) is 0 Å². The number of hydrogen-bond donors (Lipinski definition) is 9. The van der Waals surface area contributed by atoms with E-state index in [1.807, 2.05) is 0 Å². The van der Waals surface area contributed by atoms with Gasteiger partial charge in [-0.1, -0.05) is 13.8 Å². The molecule has 15 nitrogen and oxygen atoms in total. The van der Waals surface area contributed by atoms with Crippen molar-refractivity contribution < 1.29 is 74.4 Å². The van der Waals surface area contributed by atoms with Gasteiger partial charge in [0.05, 0.1) is 24.4 Å². The van der Waals surface area contributed by atoms with Gasteiger partial charge in [0.25, 0.3) is 0 Å². The number of aliphatic hydroxyl groups excluding tert-OH is 8. The second-order valence-electron chi connectivity index (χ2n) is 19.4. The van der Waals surface area contributed by atoms with Gasteiger partial charge in [0.15, 0.2) is 5.60 Å². The first-order valence-electron chi connectivity index (χ1n) is 21.0. The van der Waals surface area contributed by atoms with Crippen LogP contribution < -0.4 is 0 Å². The number of carbonyl (C=O) groups is 1.